The molecule has 0 spiro atoms. The molecular weight excluding hydrogens is 350 g/mol. The zero-order valence-electron chi connectivity index (χ0n) is 13.6. The molecular formula is C16H19NO5S2. The summed E-state index contributed by atoms with van der Waals surface area (Å²) in [6.45, 7) is 1.64. The first kappa shape index (κ1) is 18.6. The van der Waals surface area contributed by atoms with Gasteiger partial charge in [-0.15, -0.1) is 11.8 Å². The normalized spacial score (nSPS) is 13.0. The molecule has 0 saturated heterocycles. The molecule has 0 aliphatic carbocycles. The fraction of sp³-hybridized carbons (Fsp3) is 0.312. The smallest absolute Gasteiger partial charge is 0.319 e. The van der Waals surface area contributed by atoms with Crippen molar-refractivity contribution < 1.29 is 22.4 Å². The first-order chi connectivity index (χ1) is 11.3. The van der Waals surface area contributed by atoms with Crippen molar-refractivity contribution in [1.29, 1.82) is 0 Å². The number of hydrogen-bond donors (Lipinski definition) is 0. The van der Waals surface area contributed by atoms with Crippen LogP contribution < -0.4 is 0 Å². The minimum Gasteiger partial charge on any atom is -0.457 e. The topological polar surface area (TPSA) is 76.8 Å². The van der Waals surface area contributed by atoms with E-state index in [1.165, 1.54) is 38.0 Å². The van der Waals surface area contributed by atoms with Crippen LogP contribution in [0.4, 0.5) is 0 Å². The van der Waals surface area contributed by atoms with Gasteiger partial charge in [-0.05, 0) is 31.2 Å². The van der Waals surface area contributed by atoms with E-state index in [-0.39, 0.29) is 22.7 Å². The van der Waals surface area contributed by atoms with Crippen LogP contribution in [0, 0.1) is 0 Å². The fourth-order valence-electron chi connectivity index (χ4n) is 1.77. The van der Waals surface area contributed by atoms with Crippen molar-refractivity contribution in [2.75, 3.05) is 14.1 Å². The lowest BCUT2D eigenvalue weighted by Gasteiger charge is -2.10. The lowest BCUT2D eigenvalue weighted by molar-refractivity contribution is -0.144. The molecule has 2 aromatic rings. The monoisotopic (exact) mass is 369 g/mol. The number of hydrogen-bond acceptors (Lipinski definition) is 6. The van der Waals surface area contributed by atoms with Crippen molar-refractivity contribution in [2.24, 2.45) is 0 Å². The Labute approximate surface area is 145 Å². The van der Waals surface area contributed by atoms with Crippen molar-refractivity contribution >= 4 is 27.8 Å². The lowest BCUT2D eigenvalue weighted by atomic mass is 10.4. The maximum atomic E-state index is 12.0. The summed E-state index contributed by atoms with van der Waals surface area (Å²) < 4.78 is 35.3. The molecule has 0 aliphatic heterocycles. The van der Waals surface area contributed by atoms with Gasteiger partial charge < -0.3 is 9.15 Å². The number of carbonyl (C=O) groups is 1. The first-order valence-electron chi connectivity index (χ1n) is 7.20. The van der Waals surface area contributed by atoms with Crippen LogP contribution >= 0.6 is 11.8 Å². The van der Waals surface area contributed by atoms with Gasteiger partial charge in [0, 0.05) is 19.0 Å². The van der Waals surface area contributed by atoms with Crippen LogP contribution in [0.5, 0.6) is 0 Å². The number of nitrogens with zero attached hydrogens (tertiary/aromatic N) is 1. The summed E-state index contributed by atoms with van der Waals surface area (Å²) in [5, 5.41) is -0.558. The van der Waals surface area contributed by atoms with Gasteiger partial charge >= 0.3 is 5.97 Å². The van der Waals surface area contributed by atoms with E-state index >= 15 is 0 Å². The molecule has 0 amide bonds. The van der Waals surface area contributed by atoms with Crippen LogP contribution in [0.3, 0.4) is 0 Å². The minimum atomic E-state index is -3.63. The summed E-state index contributed by atoms with van der Waals surface area (Å²) in [6, 6.07) is 12.4. The zero-order valence-corrected chi connectivity index (χ0v) is 15.3. The third-order valence-corrected chi connectivity index (χ3v) is 5.90. The largest absolute Gasteiger partial charge is 0.457 e. The van der Waals surface area contributed by atoms with Gasteiger partial charge in [-0.1, -0.05) is 18.2 Å². The van der Waals surface area contributed by atoms with E-state index in [2.05, 4.69) is 0 Å². The SMILES string of the molecule is CC(Sc1ccccc1)C(=O)OCc1ccc(S(=O)(=O)N(C)C)o1. The summed E-state index contributed by atoms with van der Waals surface area (Å²) in [4.78, 5) is 13.0. The van der Waals surface area contributed by atoms with Gasteiger partial charge in [-0.3, -0.25) is 4.79 Å². The van der Waals surface area contributed by atoms with Crippen molar-refractivity contribution in [3.05, 3.63) is 48.2 Å². The van der Waals surface area contributed by atoms with Gasteiger partial charge in [-0.2, -0.15) is 0 Å². The molecule has 1 unspecified atom stereocenters. The van der Waals surface area contributed by atoms with E-state index in [0.29, 0.717) is 0 Å². The average molecular weight is 369 g/mol. The van der Waals surface area contributed by atoms with E-state index in [1.54, 1.807) is 6.92 Å². The summed E-state index contributed by atoms with van der Waals surface area (Å²) in [5.74, 6) is -0.113. The molecule has 0 bridgehead atoms. The van der Waals surface area contributed by atoms with Crippen LogP contribution in [-0.2, 0) is 26.2 Å². The van der Waals surface area contributed by atoms with Crippen molar-refractivity contribution in [2.45, 2.75) is 28.8 Å². The van der Waals surface area contributed by atoms with Gasteiger partial charge in [0.25, 0.3) is 10.0 Å². The Balaban J connectivity index is 1.91. The molecule has 0 N–H and O–H groups in total. The number of thioether (sulfide) groups is 1. The summed E-state index contributed by atoms with van der Waals surface area (Å²) in [5.41, 5.74) is 0. The van der Waals surface area contributed by atoms with E-state index in [1.807, 2.05) is 30.3 Å². The highest BCUT2D eigenvalue weighted by molar-refractivity contribution is 8.00. The first-order valence-corrected chi connectivity index (χ1v) is 9.52. The van der Waals surface area contributed by atoms with Gasteiger partial charge in [0.05, 0.1) is 0 Å². The molecule has 0 aliphatic rings. The molecule has 1 aromatic carbocycles. The van der Waals surface area contributed by atoms with Crippen molar-refractivity contribution in [1.82, 2.24) is 4.31 Å². The molecule has 0 fully saturated rings. The molecule has 0 radical (unpaired) electrons. The number of furan rings is 1. The third kappa shape index (κ3) is 4.62. The maximum absolute atomic E-state index is 12.0. The summed E-state index contributed by atoms with van der Waals surface area (Å²) in [6.07, 6.45) is 0. The maximum Gasteiger partial charge on any atom is 0.319 e. The highest BCUT2D eigenvalue weighted by Crippen LogP contribution is 2.24. The quantitative estimate of drug-likeness (QED) is 0.552. The Hall–Kier alpha value is -1.77. The number of benzene rings is 1. The van der Waals surface area contributed by atoms with E-state index < -0.39 is 16.0 Å². The molecule has 24 heavy (non-hydrogen) atoms. The van der Waals surface area contributed by atoms with E-state index in [9.17, 15) is 13.2 Å². The zero-order chi connectivity index (χ0) is 17.7. The number of rotatable bonds is 7. The van der Waals surface area contributed by atoms with Crippen LogP contribution in [0.25, 0.3) is 0 Å². The van der Waals surface area contributed by atoms with Crippen molar-refractivity contribution in [3.63, 3.8) is 0 Å². The van der Waals surface area contributed by atoms with Crippen LogP contribution in [0.15, 0.2) is 56.9 Å². The predicted molar refractivity (Wildman–Crippen MR) is 91.1 cm³/mol. The van der Waals surface area contributed by atoms with Crippen LogP contribution in [0.2, 0.25) is 0 Å². The average Bonchev–Trinajstić information content (AvgIpc) is 3.03. The number of esters is 1. The Morgan fingerprint density at radius 3 is 2.50 bits per heavy atom. The van der Waals surface area contributed by atoms with Crippen LogP contribution in [-0.4, -0.2) is 38.0 Å². The second-order valence-corrected chi connectivity index (χ2v) is 8.69. The molecule has 6 nitrogen and oxygen atoms in total. The molecule has 1 atom stereocenters. The van der Waals surface area contributed by atoms with Crippen LogP contribution in [0.1, 0.15) is 12.7 Å². The Morgan fingerprint density at radius 1 is 1.21 bits per heavy atom. The highest BCUT2D eigenvalue weighted by Gasteiger charge is 2.22. The second-order valence-electron chi connectivity index (χ2n) is 5.19. The van der Waals surface area contributed by atoms with Crippen molar-refractivity contribution in [3.8, 4) is 0 Å². The van der Waals surface area contributed by atoms with Gasteiger partial charge in [0.1, 0.15) is 17.6 Å². The van der Waals surface area contributed by atoms with Gasteiger partial charge in [0.2, 0.25) is 5.09 Å². The van der Waals surface area contributed by atoms with E-state index in [4.69, 9.17) is 9.15 Å². The summed E-state index contributed by atoms with van der Waals surface area (Å²) in [7, 11) is -0.796. The summed E-state index contributed by atoms with van der Waals surface area (Å²) >= 11 is 1.39. The second kappa shape index (κ2) is 7.87. The lowest BCUT2D eigenvalue weighted by Crippen LogP contribution is -2.21. The number of ether oxygens (including phenoxy) is 1. The Bertz CT molecular complexity index is 784. The molecule has 1 aromatic heterocycles. The third-order valence-electron chi connectivity index (χ3n) is 3.12. The molecule has 1 heterocycles. The van der Waals surface area contributed by atoms with E-state index in [0.717, 1.165) is 9.20 Å². The molecule has 8 heteroatoms. The number of carbonyl (C=O) groups excluding carboxylic acids is 1. The Kier molecular flexibility index (Phi) is 6.09. The minimum absolute atomic E-state index is 0.110. The molecule has 130 valence electrons. The molecule has 2 rings (SSSR count). The standard InChI is InChI=1S/C16H19NO5S2/c1-12(23-14-7-5-4-6-8-14)16(18)21-11-13-9-10-15(22-13)24(19,20)17(2)3/h4-10,12H,11H2,1-3H3. The molecule has 0 saturated carbocycles. The predicted octanol–water partition coefficient (Wildman–Crippen LogP) is 2.75. The fourth-order valence-corrected chi connectivity index (χ4v) is 3.46. The van der Waals surface area contributed by atoms with Gasteiger partial charge in [-0.25, -0.2) is 12.7 Å². The highest BCUT2D eigenvalue weighted by atomic mass is 32.2. The number of sulfonamides is 1. The Morgan fingerprint density at radius 2 is 1.88 bits per heavy atom. The van der Waals surface area contributed by atoms with Gasteiger partial charge in [0.15, 0.2) is 0 Å².